The Morgan fingerprint density at radius 1 is 0.870 bits per heavy atom. The molecule has 120 valence electrons. The van der Waals surface area contributed by atoms with E-state index in [4.69, 9.17) is 39.5 Å². The molecule has 0 spiro atoms. The fraction of sp³-hybridized carbons (Fsp3) is 0.0667. The molecule has 0 fully saturated rings. The van der Waals surface area contributed by atoms with Gasteiger partial charge in [-0.3, -0.25) is 20.4 Å². The number of hydrogen-bond acceptors (Lipinski definition) is 3. The maximum Gasteiger partial charge on any atom is 0.276 e. The van der Waals surface area contributed by atoms with Crippen LogP contribution in [0.15, 0.2) is 42.5 Å². The van der Waals surface area contributed by atoms with Gasteiger partial charge < -0.3 is 4.74 Å². The summed E-state index contributed by atoms with van der Waals surface area (Å²) in [6.45, 7) is -0.319. The van der Waals surface area contributed by atoms with Gasteiger partial charge in [-0.25, -0.2) is 0 Å². The van der Waals surface area contributed by atoms with E-state index in [-0.39, 0.29) is 22.2 Å². The van der Waals surface area contributed by atoms with Gasteiger partial charge in [-0.05, 0) is 24.3 Å². The number of carbonyl (C=O) groups is 2. The molecule has 2 aromatic carbocycles. The van der Waals surface area contributed by atoms with E-state index in [9.17, 15) is 9.59 Å². The Labute approximate surface area is 147 Å². The van der Waals surface area contributed by atoms with Crippen LogP contribution in [0.25, 0.3) is 0 Å². The van der Waals surface area contributed by atoms with Crippen molar-refractivity contribution in [3.63, 3.8) is 0 Å². The first-order valence-corrected chi connectivity index (χ1v) is 7.53. The zero-order valence-electron chi connectivity index (χ0n) is 11.6. The minimum Gasteiger partial charge on any atom is -0.482 e. The summed E-state index contributed by atoms with van der Waals surface area (Å²) in [6.07, 6.45) is 0. The Hall–Kier alpha value is -1.95. The number of nitrogens with one attached hydrogen (secondary N) is 2. The number of ether oxygens (including phenoxy) is 1. The second-order valence-corrected chi connectivity index (χ2v) is 5.54. The van der Waals surface area contributed by atoms with E-state index < -0.39 is 11.8 Å². The molecule has 0 saturated carbocycles. The predicted molar refractivity (Wildman–Crippen MR) is 89.0 cm³/mol. The maximum absolute atomic E-state index is 12.0. The number of para-hydroxylation sites is 1. The van der Waals surface area contributed by atoms with Gasteiger partial charge in [-0.1, -0.05) is 53.0 Å². The van der Waals surface area contributed by atoms with Crippen molar-refractivity contribution in [2.75, 3.05) is 6.61 Å². The summed E-state index contributed by atoms with van der Waals surface area (Å²) in [5.74, 6) is -0.835. The SMILES string of the molecule is O=C(COc1ccccc1Cl)NNC(=O)c1c(Cl)cccc1Cl. The van der Waals surface area contributed by atoms with Crippen molar-refractivity contribution >= 4 is 46.6 Å². The molecule has 0 aliphatic rings. The molecule has 0 aliphatic carbocycles. The van der Waals surface area contributed by atoms with Crippen molar-refractivity contribution < 1.29 is 14.3 Å². The highest BCUT2D eigenvalue weighted by Gasteiger charge is 2.15. The van der Waals surface area contributed by atoms with E-state index in [1.54, 1.807) is 30.3 Å². The first-order valence-electron chi connectivity index (χ1n) is 6.39. The van der Waals surface area contributed by atoms with E-state index in [0.29, 0.717) is 10.8 Å². The summed E-state index contributed by atoms with van der Waals surface area (Å²) in [6, 6.07) is 11.4. The van der Waals surface area contributed by atoms with E-state index >= 15 is 0 Å². The van der Waals surface area contributed by atoms with Gasteiger partial charge in [0.05, 0.1) is 20.6 Å². The van der Waals surface area contributed by atoms with Crippen LogP contribution in [-0.4, -0.2) is 18.4 Å². The summed E-state index contributed by atoms with van der Waals surface area (Å²) in [7, 11) is 0. The molecule has 2 aromatic rings. The third-order valence-corrected chi connectivity index (χ3v) is 3.64. The molecular weight excluding hydrogens is 363 g/mol. The average molecular weight is 374 g/mol. The average Bonchev–Trinajstić information content (AvgIpc) is 2.52. The van der Waals surface area contributed by atoms with Gasteiger partial charge in [0.25, 0.3) is 11.8 Å². The molecule has 2 rings (SSSR count). The van der Waals surface area contributed by atoms with Crippen molar-refractivity contribution in [3.8, 4) is 5.75 Å². The molecule has 2 amide bonds. The van der Waals surface area contributed by atoms with Crippen LogP contribution in [0.1, 0.15) is 10.4 Å². The zero-order valence-corrected chi connectivity index (χ0v) is 13.9. The maximum atomic E-state index is 12.0. The quantitative estimate of drug-likeness (QED) is 0.806. The van der Waals surface area contributed by atoms with E-state index in [2.05, 4.69) is 10.9 Å². The number of halogens is 3. The largest absolute Gasteiger partial charge is 0.482 e. The van der Waals surface area contributed by atoms with Crippen LogP contribution in [0.2, 0.25) is 15.1 Å². The number of rotatable bonds is 4. The van der Waals surface area contributed by atoms with Gasteiger partial charge in [0.15, 0.2) is 6.61 Å². The molecular formula is C15H11Cl3N2O3. The monoisotopic (exact) mass is 372 g/mol. The topological polar surface area (TPSA) is 67.4 Å². The van der Waals surface area contributed by atoms with Crippen LogP contribution in [0, 0.1) is 0 Å². The van der Waals surface area contributed by atoms with Crippen molar-refractivity contribution in [3.05, 3.63) is 63.1 Å². The van der Waals surface area contributed by atoms with Gasteiger partial charge >= 0.3 is 0 Å². The fourth-order valence-corrected chi connectivity index (χ4v) is 2.40. The molecule has 0 aliphatic heterocycles. The van der Waals surface area contributed by atoms with Crippen molar-refractivity contribution in [2.45, 2.75) is 0 Å². The lowest BCUT2D eigenvalue weighted by molar-refractivity contribution is -0.123. The number of hydrogen-bond donors (Lipinski definition) is 2. The molecule has 0 saturated heterocycles. The summed E-state index contributed by atoms with van der Waals surface area (Å²) >= 11 is 17.7. The smallest absolute Gasteiger partial charge is 0.276 e. The van der Waals surface area contributed by atoms with Gasteiger partial charge in [-0.2, -0.15) is 0 Å². The van der Waals surface area contributed by atoms with Gasteiger partial charge in [0.2, 0.25) is 0 Å². The van der Waals surface area contributed by atoms with Crippen LogP contribution in [0.5, 0.6) is 5.75 Å². The molecule has 0 radical (unpaired) electrons. The Bertz CT molecular complexity index is 717. The van der Waals surface area contributed by atoms with E-state index in [1.165, 1.54) is 12.1 Å². The highest BCUT2D eigenvalue weighted by molar-refractivity contribution is 6.39. The normalized spacial score (nSPS) is 10.0. The van der Waals surface area contributed by atoms with Crippen LogP contribution in [0.4, 0.5) is 0 Å². The summed E-state index contributed by atoms with van der Waals surface area (Å²) in [4.78, 5) is 23.6. The van der Waals surface area contributed by atoms with Crippen molar-refractivity contribution in [1.82, 2.24) is 10.9 Å². The summed E-state index contributed by atoms with van der Waals surface area (Å²) < 4.78 is 5.24. The lowest BCUT2D eigenvalue weighted by Crippen LogP contribution is -2.44. The Morgan fingerprint density at radius 3 is 2.13 bits per heavy atom. The third-order valence-electron chi connectivity index (χ3n) is 2.70. The summed E-state index contributed by atoms with van der Waals surface area (Å²) in [5, 5.41) is 0.736. The second-order valence-electron chi connectivity index (χ2n) is 4.32. The molecule has 5 nitrogen and oxygen atoms in total. The molecule has 2 N–H and O–H groups in total. The molecule has 8 heteroatoms. The number of benzene rings is 2. The molecule has 0 atom stereocenters. The van der Waals surface area contributed by atoms with Gasteiger partial charge in [0, 0.05) is 0 Å². The molecule has 0 heterocycles. The van der Waals surface area contributed by atoms with Crippen molar-refractivity contribution in [1.29, 1.82) is 0 Å². The highest BCUT2D eigenvalue weighted by Crippen LogP contribution is 2.24. The minimum absolute atomic E-state index is 0.0724. The van der Waals surface area contributed by atoms with Crippen molar-refractivity contribution in [2.24, 2.45) is 0 Å². The number of amides is 2. The highest BCUT2D eigenvalue weighted by atomic mass is 35.5. The molecule has 0 aromatic heterocycles. The molecule has 0 bridgehead atoms. The van der Waals surface area contributed by atoms with Gasteiger partial charge in [0.1, 0.15) is 5.75 Å². The van der Waals surface area contributed by atoms with Crippen LogP contribution in [-0.2, 0) is 4.79 Å². The Balaban J connectivity index is 1.87. The standard InChI is InChI=1S/C15H11Cl3N2O3/c16-9-4-1-2-7-12(9)23-8-13(21)19-20-15(22)14-10(17)5-3-6-11(14)18/h1-7H,8H2,(H,19,21)(H,20,22). The zero-order chi connectivity index (χ0) is 16.8. The van der Waals surface area contributed by atoms with E-state index in [0.717, 1.165) is 0 Å². The van der Waals surface area contributed by atoms with E-state index in [1.807, 2.05) is 0 Å². The number of hydrazine groups is 1. The lowest BCUT2D eigenvalue weighted by atomic mass is 10.2. The lowest BCUT2D eigenvalue weighted by Gasteiger charge is -2.11. The Morgan fingerprint density at radius 2 is 1.48 bits per heavy atom. The fourth-order valence-electron chi connectivity index (χ4n) is 1.64. The van der Waals surface area contributed by atoms with Gasteiger partial charge in [-0.15, -0.1) is 0 Å². The first-order chi connectivity index (χ1) is 11.0. The van der Waals surface area contributed by atoms with Crippen LogP contribution < -0.4 is 15.6 Å². The number of carbonyl (C=O) groups excluding carboxylic acids is 2. The molecule has 23 heavy (non-hydrogen) atoms. The van der Waals surface area contributed by atoms with Crippen LogP contribution >= 0.6 is 34.8 Å². The molecule has 0 unspecified atom stereocenters. The first kappa shape index (κ1) is 17.4. The summed E-state index contributed by atoms with van der Waals surface area (Å²) in [5.41, 5.74) is 4.48. The second kappa shape index (κ2) is 8.06. The third kappa shape index (κ3) is 4.76. The minimum atomic E-state index is -0.633. The predicted octanol–water partition coefficient (Wildman–Crippen LogP) is 3.49. The Kier molecular flexibility index (Phi) is 6.10. The van der Waals surface area contributed by atoms with Crippen LogP contribution in [0.3, 0.4) is 0 Å².